The number of amides is 3. The van der Waals surface area contributed by atoms with Crippen molar-refractivity contribution in [2.45, 2.75) is 19.9 Å². The van der Waals surface area contributed by atoms with Crippen LogP contribution in [0.1, 0.15) is 34.6 Å². The molecule has 0 unspecified atom stereocenters. The molecular weight excluding hydrogens is 370 g/mol. The fourth-order valence-corrected chi connectivity index (χ4v) is 3.39. The van der Waals surface area contributed by atoms with Gasteiger partial charge in [-0.25, -0.2) is 9.67 Å². The number of fused-ring (bicyclic) bond motifs is 1. The van der Waals surface area contributed by atoms with E-state index in [1.54, 1.807) is 73.4 Å². The van der Waals surface area contributed by atoms with Crippen molar-refractivity contribution in [3.05, 3.63) is 72.2 Å². The molecular formula is C21H19N5O3. The van der Waals surface area contributed by atoms with Crippen LogP contribution in [-0.4, -0.2) is 43.4 Å². The molecule has 8 nitrogen and oxygen atoms in total. The minimum atomic E-state index is -0.937. The predicted molar refractivity (Wildman–Crippen MR) is 106 cm³/mol. The van der Waals surface area contributed by atoms with E-state index >= 15 is 0 Å². The Morgan fingerprint density at radius 3 is 2.21 bits per heavy atom. The molecule has 0 spiro atoms. The molecule has 3 heterocycles. The summed E-state index contributed by atoms with van der Waals surface area (Å²) in [5.41, 5.74) is 1.11. The summed E-state index contributed by atoms with van der Waals surface area (Å²) in [6.45, 7) is 3.60. The van der Waals surface area contributed by atoms with E-state index in [1.807, 2.05) is 0 Å². The lowest BCUT2D eigenvalue weighted by molar-refractivity contribution is -0.121. The number of carbonyl (C=O) groups excluding carboxylic acids is 3. The molecule has 1 N–H and O–H groups in total. The molecule has 8 heteroatoms. The highest BCUT2D eigenvalue weighted by atomic mass is 16.2. The lowest BCUT2D eigenvalue weighted by Crippen LogP contribution is -2.50. The van der Waals surface area contributed by atoms with Gasteiger partial charge in [0, 0.05) is 12.4 Å². The first kappa shape index (κ1) is 18.5. The van der Waals surface area contributed by atoms with Crippen molar-refractivity contribution in [2.75, 3.05) is 5.32 Å². The van der Waals surface area contributed by atoms with Gasteiger partial charge in [0.05, 0.1) is 23.0 Å². The van der Waals surface area contributed by atoms with Crippen LogP contribution in [-0.2, 0) is 4.79 Å². The summed E-state index contributed by atoms with van der Waals surface area (Å²) in [5.74, 6) is -1.01. The van der Waals surface area contributed by atoms with E-state index in [0.29, 0.717) is 22.6 Å². The molecule has 0 aliphatic carbocycles. The average Bonchev–Trinajstić information content (AvgIpc) is 3.33. The Labute approximate surface area is 167 Å². The molecule has 0 saturated heterocycles. The number of rotatable bonds is 5. The highest BCUT2D eigenvalue weighted by molar-refractivity contribution is 6.23. The largest absolute Gasteiger partial charge is 0.323 e. The predicted octanol–water partition coefficient (Wildman–Crippen LogP) is 2.53. The fourth-order valence-electron chi connectivity index (χ4n) is 3.39. The van der Waals surface area contributed by atoms with Gasteiger partial charge in [0.1, 0.15) is 6.04 Å². The van der Waals surface area contributed by atoms with Crippen LogP contribution >= 0.6 is 0 Å². The Kier molecular flexibility index (Phi) is 4.67. The van der Waals surface area contributed by atoms with E-state index in [-0.39, 0.29) is 5.92 Å². The number of imide groups is 1. The van der Waals surface area contributed by atoms with Gasteiger partial charge in [-0.15, -0.1) is 0 Å². The summed E-state index contributed by atoms with van der Waals surface area (Å²) in [5, 5.41) is 6.87. The third-order valence-electron chi connectivity index (χ3n) is 4.76. The van der Waals surface area contributed by atoms with Gasteiger partial charge in [0.15, 0.2) is 5.82 Å². The Morgan fingerprint density at radius 1 is 1.00 bits per heavy atom. The molecule has 0 bridgehead atoms. The van der Waals surface area contributed by atoms with E-state index < -0.39 is 23.8 Å². The maximum atomic E-state index is 13.0. The van der Waals surface area contributed by atoms with Gasteiger partial charge in [-0.05, 0) is 36.2 Å². The number of carbonyl (C=O) groups is 3. The second kappa shape index (κ2) is 7.31. The monoisotopic (exact) mass is 389 g/mol. The maximum absolute atomic E-state index is 13.0. The van der Waals surface area contributed by atoms with Crippen molar-refractivity contribution in [3.8, 4) is 5.82 Å². The first-order valence-electron chi connectivity index (χ1n) is 9.21. The summed E-state index contributed by atoms with van der Waals surface area (Å²) in [7, 11) is 0. The van der Waals surface area contributed by atoms with Crippen LogP contribution in [0.5, 0.6) is 0 Å². The van der Waals surface area contributed by atoms with Gasteiger partial charge in [0.2, 0.25) is 5.91 Å². The number of benzene rings is 1. The first-order valence-corrected chi connectivity index (χ1v) is 9.21. The topological polar surface area (TPSA) is 97.2 Å². The summed E-state index contributed by atoms with van der Waals surface area (Å²) in [6.07, 6.45) is 4.92. The van der Waals surface area contributed by atoms with E-state index in [9.17, 15) is 14.4 Å². The Hall–Kier alpha value is -3.81. The van der Waals surface area contributed by atoms with Crippen molar-refractivity contribution in [2.24, 2.45) is 5.92 Å². The molecule has 1 aromatic carbocycles. The van der Waals surface area contributed by atoms with Gasteiger partial charge < -0.3 is 5.32 Å². The molecule has 4 rings (SSSR count). The maximum Gasteiger partial charge on any atom is 0.262 e. The number of nitrogens with zero attached hydrogens (tertiary/aromatic N) is 4. The molecule has 1 aliphatic rings. The van der Waals surface area contributed by atoms with Crippen LogP contribution in [0.3, 0.4) is 0 Å². The Bertz CT molecular complexity index is 1040. The molecule has 2 aromatic heterocycles. The molecule has 0 radical (unpaired) electrons. The van der Waals surface area contributed by atoms with Crippen molar-refractivity contribution in [1.82, 2.24) is 19.7 Å². The highest BCUT2D eigenvalue weighted by Gasteiger charge is 2.43. The molecule has 0 saturated carbocycles. The Balaban J connectivity index is 1.56. The number of anilines is 1. The van der Waals surface area contributed by atoms with Crippen molar-refractivity contribution in [3.63, 3.8) is 0 Å². The van der Waals surface area contributed by atoms with Crippen molar-refractivity contribution < 1.29 is 14.4 Å². The second-order valence-electron chi connectivity index (χ2n) is 7.06. The molecule has 3 amide bonds. The number of pyridine rings is 1. The van der Waals surface area contributed by atoms with Crippen LogP contribution < -0.4 is 5.32 Å². The lowest BCUT2D eigenvalue weighted by atomic mass is 10.0. The van der Waals surface area contributed by atoms with Crippen LogP contribution in [0, 0.1) is 5.92 Å². The lowest BCUT2D eigenvalue weighted by Gasteiger charge is -2.28. The van der Waals surface area contributed by atoms with Gasteiger partial charge in [0.25, 0.3) is 11.8 Å². The van der Waals surface area contributed by atoms with Crippen LogP contribution in [0.2, 0.25) is 0 Å². The van der Waals surface area contributed by atoms with Gasteiger partial charge in [-0.1, -0.05) is 26.0 Å². The third-order valence-corrected chi connectivity index (χ3v) is 4.76. The Morgan fingerprint density at radius 2 is 1.69 bits per heavy atom. The van der Waals surface area contributed by atoms with Crippen molar-refractivity contribution in [1.29, 1.82) is 0 Å². The quantitative estimate of drug-likeness (QED) is 0.677. The minimum Gasteiger partial charge on any atom is -0.323 e. The number of hydrogen-bond acceptors (Lipinski definition) is 5. The molecule has 1 aliphatic heterocycles. The smallest absolute Gasteiger partial charge is 0.262 e. The van der Waals surface area contributed by atoms with Crippen LogP contribution in [0.25, 0.3) is 5.82 Å². The summed E-state index contributed by atoms with van der Waals surface area (Å²) >= 11 is 0. The third kappa shape index (κ3) is 3.29. The molecule has 1 atom stereocenters. The summed E-state index contributed by atoms with van der Waals surface area (Å²) < 4.78 is 1.60. The standard InChI is InChI=1S/C21H19N5O3/c1-13(2)18(26-20(28)15-6-3-4-7-16(15)21(26)29)19(27)24-14-8-9-17(22-12-14)25-11-5-10-23-25/h3-13,18H,1-2H3,(H,24,27)/t18-/m1/s1. The number of hydrogen-bond donors (Lipinski definition) is 1. The SMILES string of the molecule is CC(C)[C@H](C(=O)Nc1ccc(-n2cccn2)nc1)N1C(=O)c2ccccc2C1=O. The first-order chi connectivity index (χ1) is 14.0. The van der Waals surface area contributed by atoms with Crippen molar-refractivity contribution >= 4 is 23.4 Å². The molecule has 29 heavy (non-hydrogen) atoms. The number of aromatic nitrogens is 3. The van der Waals surface area contributed by atoms with Gasteiger partial charge in [-0.3, -0.25) is 19.3 Å². The van der Waals surface area contributed by atoms with Crippen LogP contribution in [0.4, 0.5) is 5.69 Å². The normalized spacial score (nSPS) is 14.2. The summed E-state index contributed by atoms with van der Waals surface area (Å²) in [4.78, 5) is 43.9. The van der Waals surface area contributed by atoms with Gasteiger partial charge >= 0.3 is 0 Å². The average molecular weight is 389 g/mol. The minimum absolute atomic E-state index is 0.270. The summed E-state index contributed by atoms with van der Waals surface area (Å²) in [6, 6.07) is 10.9. The zero-order valence-corrected chi connectivity index (χ0v) is 15.9. The molecule has 0 fully saturated rings. The molecule has 146 valence electrons. The zero-order valence-electron chi connectivity index (χ0n) is 15.9. The second-order valence-corrected chi connectivity index (χ2v) is 7.06. The van der Waals surface area contributed by atoms with Crippen LogP contribution in [0.15, 0.2) is 61.1 Å². The van der Waals surface area contributed by atoms with E-state index in [1.165, 1.54) is 6.20 Å². The number of nitrogens with one attached hydrogen (secondary N) is 1. The van der Waals surface area contributed by atoms with Gasteiger partial charge in [-0.2, -0.15) is 5.10 Å². The fraction of sp³-hybridized carbons (Fsp3) is 0.190. The highest BCUT2D eigenvalue weighted by Crippen LogP contribution is 2.27. The molecule has 3 aromatic rings. The van der Waals surface area contributed by atoms with E-state index in [2.05, 4.69) is 15.4 Å². The zero-order chi connectivity index (χ0) is 20.5. The van der Waals surface area contributed by atoms with E-state index in [4.69, 9.17) is 0 Å². The van der Waals surface area contributed by atoms with E-state index in [0.717, 1.165) is 4.90 Å².